The molecule has 1 atom stereocenters. The summed E-state index contributed by atoms with van der Waals surface area (Å²) in [6.45, 7) is 2.94. The largest absolute Gasteiger partial charge is 0.389 e. The van der Waals surface area contributed by atoms with Crippen LogP contribution in [-0.4, -0.2) is 72.3 Å². The molecule has 2 fully saturated rings. The number of pyridine rings is 1. The molecule has 3 rings (SSSR count). The molecule has 2 amide bonds. The Balaban J connectivity index is 1.69. The summed E-state index contributed by atoms with van der Waals surface area (Å²) in [6, 6.07) is 3.17. The van der Waals surface area contributed by atoms with E-state index in [4.69, 9.17) is 10.5 Å². The highest BCUT2D eigenvalue weighted by molar-refractivity contribution is 5.93. The van der Waals surface area contributed by atoms with Gasteiger partial charge in [0.05, 0.1) is 6.10 Å². The van der Waals surface area contributed by atoms with Crippen molar-refractivity contribution in [3.63, 3.8) is 0 Å². The van der Waals surface area contributed by atoms with Crippen LogP contribution >= 0.6 is 0 Å². The van der Waals surface area contributed by atoms with Gasteiger partial charge in [-0.15, -0.1) is 0 Å². The van der Waals surface area contributed by atoms with Gasteiger partial charge in [-0.3, -0.25) is 9.59 Å². The van der Waals surface area contributed by atoms with Crippen LogP contribution in [0.5, 0.6) is 0 Å². The van der Waals surface area contributed by atoms with E-state index in [1.165, 1.54) is 6.20 Å². The Labute approximate surface area is 146 Å². The fourth-order valence-electron chi connectivity index (χ4n) is 3.35. The summed E-state index contributed by atoms with van der Waals surface area (Å²) in [4.78, 5) is 31.9. The Kier molecular flexibility index (Phi) is 5.50. The van der Waals surface area contributed by atoms with Gasteiger partial charge in [-0.2, -0.15) is 0 Å². The molecule has 0 aromatic carbocycles. The lowest BCUT2D eigenvalue weighted by atomic mass is 9.98. The zero-order valence-corrected chi connectivity index (χ0v) is 14.1. The summed E-state index contributed by atoms with van der Waals surface area (Å²) >= 11 is 0. The number of aliphatic hydroxyl groups excluding tert-OH is 1. The maximum Gasteiger partial charge on any atom is 0.248 e. The number of anilines is 1. The van der Waals surface area contributed by atoms with Crippen molar-refractivity contribution in [3.05, 3.63) is 23.9 Å². The van der Waals surface area contributed by atoms with Crippen LogP contribution in [0.25, 0.3) is 0 Å². The number of aromatic nitrogens is 1. The maximum atomic E-state index is 12.7. The van der Waals surface area contributed by atoms with Crippen LogP contribution in [0.4, 0.5) is 5.82 Å². The van der Waals surface area contributed by atoms with E-state index in [1.807, 2.05) is 4.90 Å². The highest BCUT2D eigenvalue weighted by atomic mass is 16.5. The minimum Gasteiger partial charge on any atom is -0.389 e. The number of rotatable bonds is 3. The van der Waals surface area contributed by atoms with Crippen molar-refractivity contribution in [1.82, 2.24) is 9.88 Å². The number of amides is 2. The monoisotopic (exact) mass is 348 g/mol. The number of β-amino-alcohol motifs (C(OH)–C–C–N with tert-alkyl or cyclic N) is 1. The van der Waals surface area contributed by atoms with E-state index in [-0.39, 0.29) is 11.8 Å². The lowest BCUT2D eigenvalue weighted by molar-refractivity contribution is -0.139. The maximum absolute atomic E-state index is 12.7. The Bertz CT molecular complexity index is 633. The second kappa shape index (κ2) is 7.79. The fraction of sp³-hybridized carbons (Fsp3) is 0.588. The molecule has 1 aromatic rings. The van der Waals surface area contributed by atoms with Crippen LogP contribution < -0.4 is 10.6 Å². The number of ether oxygens (including phenoxy) is 1. The van der Waals surface area contributed by atoms with Gasteiger partial charge in [-0.25, -0.2) is 4.98 Å². The Morgan fingerprint density at radius 3 is 2.72 bits per heavy atom. The number of nitrogens with two attached hydrogens (primary N) is 1. The predicted octanol–water partition coefficient (Wildman–Crippen LogP) is -0.383. The molecule has 8 nitrogen and oxygen atoms in total. The van der Waals surface area contributed by atoms with Gasteiger partial charge in [0.2, 0.25) is 11.8 Å². The normalized spacial score (nSPS) is 22.5. The van der Waals surface area contributed by atoms with E-state index >= 15 is 0 Å². The molecule has 0 saturated carbocycles. The first-order valence-electron chi connectivity index (χ1n) is 8.60. The second-order valence-electron chi connectivity index (χ2n) is 6.54. The molecule has 0 aliphatic carbocycles. The van der Waals surface area contributed by atoms with E-state index in [2.05, 4.69) is 4.98 Å². The molecular weight excluding hydrogens is 324 g/mol. The smallest absolute Gasteiger partial charge is 0.248 e. The average Bonchev–Trinajstić information content (AvgIpc) is 2.83. The van der Waals surface area contributed by atoms with Gasteiger partial charge >= 0.3 is 0 Å². The van der Waals surface area contributed by atoms with Crippen molar-refractivity contribution in [2.45, 2.75) is 18.9 Å². The zero-order chi connectivity index (χ0) is 17.8. The van der Waals surface area contributed by atoms with Crippen molar-refractivity contribution in [3.8, 4) is 0 Å². The van der Waals surface area contributed by atoms with E-state index in [1.54, 1.807) is 17.0 Å². The van der Waals surface area contributed by atoms with E-state index in [0.29, 0.717) is 50.8 Å². The number of carbonyl (C=O) groups is 2. The summed E-state index contributed by atoms with van der Waals surface area (Å²) in [5.41, 5.74) is 5.69. The summed E-state index contributed by atoms with van der Waals surface area (Å²) in [5.74, 6) is 0.123. The minimum absolute atomic E-state index is 0.0242. The molecule has 136 valence electrons. The van der Waals surface area contributed by atoms with Crippen molar-refractivity contribution in [1.29, 1.82) is 0 Å². The molecule has 1 aromatic heterocycles. The molecule has 0 bridgehead atoms. The van der Waals surface area contributed by atoms with Gasteiger partial charge in [0.15, 0.2) is 0 Å². The second-order valence-corrected chi connectivity index (χ2v) is 6.54. The first-order chi connectivity index (χ1) is 12.0. The Morgan fingerprint density at radius 2 is 2.00 bits per heavy atom. The molecule has 3 heterocycles. The SMILES string of the molecule is NC(=O)c1ccnc(N2CCN(C(=O)C3CCOCC3)CC(O)C2)c1. The third-order valence-corrected chi connectivity index (χ3v) is 4.74. The predicted molar refractivity (Wildman–Crippen MR) is 91.1 cm³/mol. The third-order valence-electron chi connectivity index (χ3n) is 4.74. The Morgan fingerprint density at radius 1 is 1.24 bits per heavy atom. The Hall–Kier alpha value is -2.19. The van der Waals surface area contributed by atoms with Crippen LogP contribution in [0.1, 0.15) is 23.2 Å². The number of hydrogen-bond acceptors (Lipinski definition) is 6. The number of aliphatic hydroxyl groups is 1. The molecule has 0 radical (unpaired) electrons. The minimum atomic E-state index is -0.676. The third kappa shape index (κ3) is 4.26. The van der Waals surface area contributed by atoms with Crippen molar-refractivity contribution >= 4 is 17.6 Å². The summed E-state index contributed by atoms with van der Waals surface area (Å²) < 4.78 is 5.31. The van der Waals surface area contributed by atoms with E-state index < -0.39 is 12.0 Å². The first-order valence-corrected chi connectivity index (χ1v) is 8.60. The average molecular weight is 348 g/mol. The van der Waals surface area contributed by atoms with E-state index in [9.17, 15) is 14.7 Å². The highest BCUT2D eigenvalue weighted by Crippen LogP contribution is 2.20. The van der Waals surface area contributed by atoms with Gasteiger partial charge in [0, 0.05) is 57.1 Å². The van der Waals surface area contributed by atoms with Gasteiger partial charge < -0.3 is 25.4 Å². The van der Waals surface area contributed by atoms with Crippen LogP contribution in [0.15, 0.2) is 18.3 Å². The van der Waals surface area contributed by atoms with E-state index in [0.717, 1.165) is 12.8 Å². The van der Waals surface area contributed by atoms with Gasteiger partial charge in [-0.1, -0.05) is 0 Å². The number of hydrogen-bond donors (Lipinski definition) is 2. The number of carbonyl (C=O) groups excluding carboxylic acids is 2. The molecule has 25 heavy (non-hydrogen) atoms. The van der Waals surface area contributed by atoms with Gasteiger partial charge in [0.1, 0.15) is 5.82 Å². The molecule has 1 unspecified atom stereocenters. The lowest BCUT2D eigenvalue weighted by Gasteiger charge is -2.29. The summed E-state index contributed by atoms with van der Waals surface area (Å²) in [6.07, 6.45) is 2.32. The lowest BCUT2D eigenvalue weighted by Crippen LogP contribution is -2.42. The molecular formula is C17H24N4O4. The van der Waals surface area contributed by atoms with Gasteiger partial charge in [-0.05, 0) is 25.0 Å². The topological polar surface area (TPSA) is 109 Å². The number of primary amides is 1. The van der Waals surface area contributed by atoms with Crippen LogP contribution in [0.2, 0.25) is 0 Å². The van der Waals surface area contributed by atoms with Crippen LogP contribution in [0, 0.1) is 5.92 Å². The fourth-order valence-corrected chi connectivity index (χ4v) is 3.35. The standard InChI is InChI=1S/C17H24N4O4/c18-16(23)13-1-4-19-15(9-13)20-5-6-21(11-14(22)10-20)17(24)12-2-7-25-8-3-12/h1,4,9,12,14,22H,2-3,5-8,10-11H2,(H2,18,23). The van der Waals surface area contributed by atoms with Crippen molar-refractivity contribution in [2.24, 2.45) is 11.7 Å². The summed E-state index contributed by atoms with van der Waals surface area (Å²) in [7, 11) is 0. The highest BCUT2D eigenvalue weighted by Gasteiger charge is 2.30. The quantitative estimate of drug-likeness (QED) is 0.770. The molecule has 2 aliphatic heterocycles. The number of nitrogens with zero attached hydrogens (tertiary/aromatic N) is 3. The zero-order valence-electron chi connectivity index (χ0n) is 14.1. The van der Waals surface area contributed by atoms with Gasteiger partial charge in [0.25, 0.3) is 0 Å². The molecule has 2 saturated heterocycles. The molecule has 8 heteroatoms. The first kappa shape index (κ1) is 17.6. The molecule has 2 aliphatic rings. The van der Waals surface area contributed by atoms with Crippen LogP contribution in [0.3, 0.4) is 0 Å². The van der Waals surface area contributed by atoms with Crippen molar-refractivity contribution < 1.29 is 19.4 Å². The molecule has 0 spiro atoms. The molecule has 3 N–H and O–H groups in total. The van der Waals surface area contributed by atoms with Crippen LogP contribution in [-0.2, 0) is 9.53 Å². The van der Waals surface area contributed by atoms with Crippen molar-refractivity contribution in [2.75, 3.05) is 44.3 Å². The summed E-state index contributed by atoms with van der Waals surface area (Å²) in [5, 5.41) is 10.3.